The number of hydrogen-bond acceptors (Lipinski definition) is 20. The molecule has 0 fully saturated rings. The second kappa shape index (κ2) is 16.0. The van der Waals surface area contributed by atoms with Gasteiger partial charge in [0.2, 0.25) is 11.5 Å². The van der Waals surface area contributed by atoms with Crippen LogP contribution in [0.1, 0.15) is 0 Å². The Morgan fingerprint density at radius 1 is 0.500 bits per heavy atom. The zero-order valence-electron chi connectivity index (χ0n) is 21.0. The molecule has 0 N–H and O–H groups in total. The first-order valence-electron chi connectivity index (χ1n) is 8.61. The first kappa shape index (κ1) is 44.8. The number of rotatable bonds is 8. The van der Waals surface area contributed by atoms with E-state index in [0.717, 1.165) is 0 Å². The number of benzene rings is 2. The summed E-state index contributed by atoms with van der Waals surface area (Å²) in [5.41, 5.74) is -5.93. The molecule has 2 heterocycles. The summed E-state index contributed by atoms with van der Waals surface area (Å²) < 4.78 is 160. The van der Waals surface area contributed by atoms with Crippen LogP contribution in [0.15, 0.2) is 30.6 Å². The molecule has 0 radical (unpaired) electrons. The van der Waals surface area contributed by atoms with Crippen LogP contribution in [0.3, 0.4) is 0 Å². The molecule has 20 nitrogen and oxygen atoms in total. The van der Waals surface area contributed by atoms with Crippen LogP contribution in [-0.2, 0) is 41.6 Å². The Hall–Kier alpha value is 2.77. The van der Waals surface area contributed by atoms with Crippen LogP contribution < -0.4 is 234 Å². The van der Waals surface area contributed by atoms with Crippen LogP contribution in [0, 0.1) is 0 Å². The fraction of sp³-hybridized carbons (Fsp3) is 0. The molecule has 0 atom stereocenters. The van der Waals surface area contributed by atoms with E-state index in [9.17, 15) is 61.5 Å². The van der Waals surface area contributed by atoms with Crippen molar-refractivity contribution in [2.75, 3.05) is 0 Å². The molecular formula is C14H2K4O20S4. The minimum Gasteiger partial charge on any atom is -0.716 e. The molecule has 2 aromatic carbocycles. The SMILES string of the molecule is O=c1oc2c(OS(=O)(=O)[O-])c(OS(=O)(=O)[O-])cc3c(=O)oc4c(OS(=O)(=O)[O-])c(OS(=O)(=O)[O-])cc1c4c23.[K+].[K+].[K+].[K+]. The summed E-state index contributed by atoms with van der Waals surface area (Å²) in [4.78, 5) is 25.4. The van der Waals surface area contributed by atoms with Gasteiger partial charge in [0, 0.05) is 22.9 Å². The monoisotopic (exact) mass is 774 g/mol. The Bertz CT molecular complexity index is 2060. The second-order valence-electron chi connectivity index (χ2n) is 6.66. The molecule has 0 aliphatic heterocycles. The van der Waals surface area contributed by atoms with Crippen LogP contribution >= 0.6 is 0 Å². The third-order valence-corrected chi connectivity index (χ3v) is 5.75. The Morgan fingerprint density at radius 3 is 1.00 bits per heavy atom. The van der Waals surface area contributed by atoms with Crippen molar-refractivity contribution >= 4 is 74.3 Å². The van der Waals surface area contributed by atoms with E-state index in [0.29, 0.717) is 0 Å². The van der Waals surface area contributed by atoms with Gasteiger partial charge < -0.3 is 43.8 Å². The van der Waals surface area contributed by atoms with Gasteiger partial charge in [0.05, 0.1) is 10.8 Å². The van der Waals surface area contributed by atoms with Crippen molar-refractivity contribution in [3.63, 3.8) is 0 Å². The third kappa shape index (κ3) is 10.9. The standard InChI is InChI=1S/C14H6O20S4.4K/c15-13-3-1-5(31-35(17,18)19)9(33-37(23,24)25)11-7(3)8-4(14(16)30-11)2-6(32-36(20,21)22)10(12(8)29-13)34-38(26,27)28;;;;/h1-2H,(H,17,18,19)(H,20,21,22)(H,23,24,25)(H,26,27,28);;;;/q;4*+1/p-4. The van der Waals surface area contributed by atoms with E-state index in [1.807, 2.05) is 0 Å². The van der Waals surface area contributed by atoms with E-state index in [2.05, 4.69) is 16.7 Å². The van der Waals surface area contributed by atoms with Gasteiger partial charge in [-0.15, -0.1) is 0 Å². The van der Waals surface area contributed by atoms with Crippen LogP contribution in [0.5, 0.6) is 23.0 Å². The molecule has 206 valence electrons. The van der Waals surface area contributed by atoms with Crippen molar-refractivity contribution in [1.82, 2.24) is 0 Å². The van der Waals surface area contributed by atoms with Gasteiger partial charge in [-0.2, -0.15) is 0 Å². The molecule has 4 rings (SSSR count). The summed E-state index contributed by atoms with van der Waals surface area (Å²) in [6, 6.07) is 0.556. The fourth-order valence-corrected chi connectivity index (χ4v) is 4.66. The predicted molar refractivity (Wildman–Crippen MR) is 109 cm³/mol. The molecular weight excluding hydrogens is 773 g/mol. The van der Waals surface area contributed by atoms with Gasteiger partial charge in [-0.05, 0) is 0 Å². The van der Waals surface area contributed by atoms with Crippen LogP contribution in [0.2, 0.25) is 0 Å². The molecule has 0 unspecified atom stereocenters. The van der Waals surface area contributed by atoms with Crippen molar-refractivity contribution in [3.05, 3.63) is 33.0 Å². The van der Waals surface area contributed by atoms with Gasteiger partial charge in [0.1, 0.15) is 0 Å². The van der Waals surface area contributed by atoms with Crippen LogP contribution in [-0.4, -0.2) is 51.9 Å². The molecule has 4 aromatic rings. The summed E-state index contributed by atoms with van der Waals surface area (Å²) in [5, 5.41) is -3.47. The van der Waals surface area contributed by atoms with Gasteiger partial charge in [-0.3, -0.25) is 0 Å². The summed E-state index contributed by atoms with van der Waals surface area (Å²) >= 11 is 0. The Balaban J connectivity index is 0.00000420. The van der Waals surface area contributed by atoms with Gasteiger partial charge in [0.25, 0.3) is 41.6 Å². The van der Waals surface area contributed by atoms with Gasteiger partial charge >= 0.3 is 217 Å². The van der Waals surface area contributed by atoms with E-state index < -0.39 is 109 Å². The maximum atomic E-state index is 12.7. The molecule has 2 aromatic heterocycles. The van der Waals surface area contributed by atoms with Gasteiger partial charge in [0.15, 0.2) is 22.7 Å². The topological polar surface area (TPSA) is 326 Å². The van der Waals surface area contributed by atoms with E-state index in [4.69, 9.17) is 8.83 Å². The quantitative estimate of drug-likeness (QED) is 0.0527. The average Bonchev–Trinajstić information content (AvgIpc) is 2.68. The average molecular weight is 775 g/mol. The summed E-state index contributed by atoms with van der Waals surface area (Å²) in [6.07, 6.45) is 0. The van der Waals surface area contributed by atoms with E-state index in [1.54, 1.807) is 0 Å². The molecule has 28 heteroatoms. The van der Waals surface area contributed by atoms with Crippen LogP contribution in [0.25, 0.3) is 32.7 Å². The molecule has 0 amide bonds. The zero-order valence-corrected chi connectivity index (χ0v) is 36.7. The Kier molecular flexibility index (Phi) is 17.0. The summed E-state index contributed by atoms with van der Waals surface area (Å²) in [7, 11) is -23.3. The number of hydrogen-bond donors (Lipinski definition) is 0. The van der Waals surface area contributed by atoms with Crippen molar-refractivity contribution in [2.45, 2.75) is 0 Å². The van der Waals surface area contributed by atoms with Crippen molar-refractivity contribution in [1.29, 1.82) is 0 Å². The van der Waals surface area contributed by atoms with E-state index >= 15 is 0 Å². The minimum absolute atomic E-state index is 0. The van der Waals surface area contributed by atoms with Gasteiger partial charge in [-0.25, -0.2) is 43.3 Å². The maximum Gasteiger partial charge on any atom is 1.00 e. The minimum atomic E-state index is -5.86. The second-order valence-corrected chi connectivity index (χ2v) is 10.6. The van der Waals surface area contributed by atoms with Crippen molar-refractivity contribution < 1.29 is 283 Å². The smallest absolute Gasteiger partial charge is 0.716 e. The molecule has 0 bridgehead atoms. The zero-order chi connectivity index (χ0) is 28.6. The fourth-order valence-electron chi connectivity index (χ4n) is 3.25. The van der Waals surface area contributed by atoms with Gasteiger partial charge in [-0.1, -0.05) is 0 Å². The molecule has 0 saturated carbocycles. The van der Waals surface area contributed by atoms with Crippen molar-refractivity contribution in [2.24, 2.45) is 0 Å². The maximum absolute atomic E-state index is 12.7. The Morgan fingerprint density at radius 2 is 0.762 bits per heavy atom. The normalized spacial score (nSPS) is 12.0. The predicted octanol–water partition coefficient (Wildman–Crippen LogP) is -14.1. The van der Waals surface area contributed by atoms with Crippen LogP contribution in [0.4, 0.5) is 0 Å². The largest absolute Gasteiger partial charge is 1.00 e. The summed E-state index contributed by atoms with van der Waals surface area (Å²) in [5.74, 6) is -6.08. The molecule has 42 heavy (non-hydrogen) atoms. The van der Waals surface area contributed by atoms with E-state index in [-0.39, 0.29) is 218 Å². The summed E-state index contributed by atoms with van der Waals surface area (Å²) in [6.45, 7) is 0. The molecule has 0 aliphatic carbocycles. The van der Waals surface area contributed by atoms with E-state index in [1.165, 1.54) is 0 Å². The van der Waals surface area contributed by atoms with Crippen molar-refractivity contribution in [3.8, 4) is 23.0 Å². The first-order valence-corrected chi connectivity index (χ1v) is 13.9. The molecule has 0 aliphatic rings. The molecule has 0 saturated heterocycles. The molecule has 0 spiro atoms. The first-order chi connectivity index (χ1) is 17.1. The third-order valence-electron chi connectivity index (χ3n) is 4.24. The Labute approximate surface area is 403 Å².